The highest BCUT2D eigenvalue weighted by Crippen LogP contribution is 2.29. The number of benzene rings is 2. The van der Waals surface area contributed by atoms with Crippen molar-refractivity contribution in [3.05, 3.63) is 53.6 Å². The molecule has 1 unspecified atom stereocenters. The minimum Gasteiger partial charge on any atom is -0.497 e. The summed E-state index contributed by atoms with van der Waals surface area (Å²) in [7, 11) is 3.40. The summed E-state index contributed by atoms with van der Waals surface area (Å²) in [5, 5.41) is 3.65. The molecular formula is C24H34N2O3. The summed E-state index contributed by atoms with van der Waals surface area (Å²) in [6, 6.07) is 15.0. The van der Waals surface area contributed by atoms with Crippen LogP contribution in [0.2, 0.25) is 0 Å². The van der Waals surface area contributed by atoms with Gasteiger partial charge < -0.3 is 19.5 Å². The monoisotopic (exact) mass is 398 g/mol. The van der Waals surface area contributed by atoms with E-state index in [0.29, 0.717) is 6.04 Å². The number of hydrogen-bond acceptors (Lipinski definition) is 5. The molecule has 1 aliphatic rings. The number of nitrogens with one attached hydrogen (secondary N) is 1. The van der Waals surface area contributed by atoms with Crippen LogP contribution in [-0.4, -0.2) is 44.9 Å². The lowest BCUT2D eigenvalue weighted by atomic mass is 10.0. The van der Waals surface area contributed by atoms with Crippen LogP contribution in [0.5, 0.6) is 17.2 Å². The molecule has 0 radical (unpaired) electrons. The molecule has 1 heterocycles. The van der Waals surface area contributed by atoms with Crippen molar-refractivity contribution in [3.8, 4) is 17.2 Å². The van der Waals surface area contributed by atoms with Crippen LogP contribution in [-0.2, 0) is 6.54 Å². The molecule has 2 aromatic carbocycles. The van der Waals surface area contributed by atoms with Crippen molar-refractivity contribution in [2.75, 3.05) is 33.9 Å². The van der Waals surface area contributed by atoms with Crippen molar-refractivity contribution in [1.29, 1.82) is 0 Å². The van der Waals surface area contributed by atoms with Crippen LogP contribution < -0.4 is 19.5 Å². The molecule has 1 N–H and O–H groups in total. The quantitative estimate of drug-likeness (QED) is 0.642. The second-order valence-electron chi connectivity index (χ2n) is 7.81. The first-order valence-electron chi connectivity index (χ1n) is 10.5. The number of likely N-dealkylation sites (tertiary alicyclic amines) is 1. The Morgan fingerprint density at radius 2 is 1.66 bits per heavy atom. The zero-order valence-electron chi connectivity index (χ0n) is 18.1. The van der Waals surface area contributed by atoms with Crippen molar-refractivity contribution in [2.45, 2.75) is 45.4 Å². The first kappa shape index (κ1) is 21.5. The molecular weight excluding hydrogens is 364 g/mol. The summed E-state index contributed by atoms with van der Waals surface area (Å²) >= 11 is 0. The Hall–Kier alpha value is -2.24. The van der Waals surface area contributed by atoms with Crippen molar-refractivity contribution in [1.82, 2.24) is 10.2 Å². The summed E-state index contributed by atoms with van der Waals surface area (Å²) < 4.78 is 16.6. The SMILES string of the molecule is COc1ccc(C(CNCc2ccc(OC(C)C)c(OC)c2)N2CCCC2)cc1. The van der Waals surface area contributed by atoms with Gasteiger partial charge in [0.05, 0.1) is 20.3 Å². The highest BCUT2D eigenvalue weighted by Gasteiger charge is 2.23. The fraction of sp³-hybridized carbons (Fsp3) is 0.500. The Morgan fingerprint density at radius 3 is 2.28 bits per heavy atom. The third-order valence-electron chi connectivity index (χ3n) is 5.34. The minimum atomic E-state index is 0.124. The predicted octanol–water partition coefficient (Wildman–Crippen LogP) is 4.42. The van der Waals surface area contributed by atoms with Gasteiger partial charge in [0, 0.05) is 19.1 Å². The van der Waals surface area contributed by atoms with Gasteiger partial charge in [0.2, 0.25) is 0 Å². The van der Waals surface area contributed by atoms with E-state index in [0.717, 1.165) is 43.4 Å². The van der Waals surface area contributed by atoms with Crippen molar-refractivity contribution >= 4 is 0 Å². The second kappa shape index (κ2) is 10.5. The van der Waals surface area contributed by atoms with Crippen LogP contribution in [0.1, 0.15) is 43.9 Å². The number of rotatable bonds is 10. The van der Waals surface area contributed by atoms with Gasteiger partial charge in [0.15, 0.2) is 11.5 Å². The highest BCUT2D eigenvalue weighted by molar-refractivity contribution is 5.43. The number of methoxy groups -OCH3 is 2. The van der Waals surface area contributed by atoms with E-state index in [1.165, 1.54) is 24.0 Å². The van der Waals surface area contributed by atoms with Gasteiger partial charge in [0.1, 0.15) is 5.75 Å². The molecule has 2 aromatic rings. The molecule has 0 aliphatic carbocycles. The van der Waals surface area contributed by atoms with Gasteiger partial charge in [-0.1, -0.05) is 18.2 Å². The maximum absolute atomic E-state index is 5.82. The van der Waals surface area contributed by atoms with Gasteiger partial charge in [-0.3, -0.25) is 4.90 Å². The Labute approximate surface area is 175 Å². The molecule has 5 nitrogen and oxygen atoms in total. The maximum Gasteiger partial charge on any atom is 0.161 e. The molecule has 0 bridgehead atoms. The van der Waals surface area contributed by atoms with Crippen LogP contribution in [0, 0.1) is 0 Å². The Bertz CT molecular complexity index is 755. The lowest BCUT2D eigenvalue weighted by molar-refractivity contribution is 0.230. The van der Waals surface area contributed by atoms with Gasteiger partial charge in [-0.15, -0.1) is 0 Å². The molecule has 158 valence electrons. The van der Waals surface area contributed by atoms with E-state index in [4.69, 9.17) is 14.2 Å². The number of ether oxygens (including phenoxy) is 3. The Morgan fingerprint density at radius 1 is 0.931 bits per heavy atom. The molecule has 0 saturated carbocycles. The lowest BCUT2D eigenvalue weighted by Crippen LogP contribution is -2.34. The minimum absolute atomic E-state index is 0.124. The van der Waals surface area contributed by atoms with Crippen LogP contribution in [0.15, 0.2) is 42.5 Å². The van der Waals surface area contributed by atoms with Crippen LogP contribution in [0.4, 0.5) is 0 Å². The molecule has 1 fully saturated rings. The van der Waals surface area contributed by atoms with Gasteiger partial charge in [0.25, 0.3) is 0 Å². The molecule has 1 saturated heterocycles. The van der Waals surface area contributed by atoms with Crippen LogP contribution in [0.25, 0.3) is 0 Å². The molecule has 1 atom stereocenters. The van der Waals surface area contributed by atoms with Gasteiger partial charge in [-0.05, 0) is 75.2 Å². The lowest BCUT2D eigenvalue weighted by Gasteiger charge is -2.28. The fourth-order valence-corrected chi connectivity index (χ4v) is 3.86. The van der Waals surface area contributed by atoms with E-state index in [1.54, 1.807) is 14.2 Å². The molecule has 0 spiro atoms. The molecule has 1 aliphatic heterocycles. The van der Waals surface area contributed by atoms with Gasteiger partial charge >= 0.3 is 0 Å². The normalized spacial score (nSPS) is 15.5. The zero-order valence-corrected chi connectivity index (χ0v) is 18.1. The van der Waals surface area contributed by atoms with Crippen molar-refractivity contribution in [3.63, 3.8) is 0 Å². The number of nitrogens with zero attached hydrogens (tertiary/aromatic N) is 1. The molecule has 5 heteroatoms. The molecule has 0 amide bonds. The second-order valence-corrected chi connectivity index (χ2v) is 7.81. The largest absolute Gasteiger partial charge is 0.497 e. The average Bonchev–Trinajstić information content (AvgIpc) is 3.26. The molecule has 0 aromatic heterocycles. The average molecular weight is 399 g/mol. The van der Waals surface area contributed by atoms with Crippen molar-refractivity contribution < 1.29 is 14.2 Å². The third kappa shape index (κ3) is 5.87. The summed E-state index contributed by atoms with van der Waals surface area (Å²) in [5.74, 6) is 2.47. The standard InChI is InChI=1S/C24H34N2O3/c1-18(2)29-23-12-7-19(15-24(23)28-4)16-25-17-22(26-13-5-6-14-26)20-8-10-21(27-3)11-9-20/h7-12,15,18,22,25H,5-6,13-14,16-17H2,1-4H3. The first-order valence-corrected chi connectivity index (χ1v) is 10.5. The van der Waals surface area contributed by atoms with E-state index >= 15 is 0 Å². The van der Waals surface area contributed by atoms with E-state index in [-0.39, 0.29) is 6.10 Å². The Balaban J connectivity index is 1.65. The Kier molecular flexibility index (Phi) is 7.78. The summed E-state index contributed by atoms with van der Waals surface area (Å²) in [6.45, 7) is 8.05. The predicted molar refractivity (Wildman–Crippen MR) is 117 cm³/mol. The maximum atomic E-state index is 5.82. The van der Waals surface area contributed by atoms with E-state index < -0.39 is 0 Å². The first-order chi connectivity index (χ1) is 14.1. The van der Waals surface area contributed by atoms with E-state index in [2.05, 4.69) is 46.6 Å². The van der Waals surface area contributed by atoms with Gasteiger partial charge in [-0.25, -0.2) is 0 Å². The third-order valence-corrected chi connectivity index (χ3v) is 5.34. The van der Waals surface area contributed by atoms with Gasteiger partial charge in [-0.2, -0.15) is 0 Å². The van der Waals surface area contributed by atoms with E-state index in [9.17, 15) is 0 Å². The number of hydrogen-bond donors (Lipinski definition) is 1. The summed E-state index contributed by atoms with van der Waals surface area (Å²) in [4.78, 5) is 2.58. The van der Waals surface area contributed by atoms with E-state index in [1.807, 2.05) is 19.9 Å². The summed E-state index contributed by atoms with van der Waals surface area (Å²) in [5.41, 5.74) is 2.52. The molecule has 29 heavy (non-hydrogen) atoms. The molecule has 3 rings (SSSR count). The topological polar surface area (TPSA) is 43.0 Å². The summed E-state index contributed by atoms with van der Waals surface area (Å²) in [6.07, 6.45) is 2.68. The fourth-order valence-electron chi connectivity index (χ4n) is 3.86. The van der Waals surface area contributed by atoms with Crippen LogP contribution >= 0.6 is 0 Å². The smallest absolute Gasteiger partial charge is 0.161 e. The highest BCUT2D eigenvalue weighted by atomic mass is 16.5. The van der Waals surface area contributed by atoms with Crippen molar-refractivity contribution in [2.24, 2.45) is 0 Å². The van der Waals surface area contributed by atoms with Crippen LogP contribution in [0.3, 0.4) is 0 Å². The zero-order chi connectivity index (χ0) is 20.6.